The number of amides is 2. The molecule has 232 valence electrons. The number of urea groups is 1. The summed E-state index contributed by atoms with van der Waals surface area (Å²) in [5.74, 6) is -1.35. The van der Waals surface area contributed by atoms with E-state index in [1.54, 1.807) is 9.58 Å². The van der Waals surface area contributed by atoms with Crippen LogP contribution < -0.4 is 10.6 Å². The molecule has 0 radical (unpaired) electrons. The summed E-state index contributed by atoms with van der Waals surface area (Å²) >= 11 is 0. The van der Waals surface area contributed by atoms with Gasteiger partial charge in [0.25, 0.3) is 0 Å². The van der Waals surface area contributed by atoms with Crippen LogP contribution in [0.1, 0.15) is 51.9 Å². The molecule has 3 unspecified atom stereocenters. The van der Waals surface area contributed by atoms with Gasteiger partial charge in [-0.25, -0.2) is 27.6 Å². The smallest absolute Gasteiger partial charge is 0.317 e. The summed E-state index contributed by atoms with van der Waals surface area (Å²) in [7, 11) is 0. The van der Waals surface area contributed by atoms with Gasteiger partial charge in [0.2, 0.25) is 0 Å². The first-order valence-corrected chi connectivity index (χ1v) is 14.9. The van der Waals surface area contributed by atoms with Gasteiger partial charge >= 0.3 is 6.03 Å². The van der Waals surface area contributed by atoms with Crippen LogP contribution in [0.15, 0.2) is 48.5 Å². The summed E-state index contributed by atoms with van der Waals surface area (Å²) in [6.45, 7) is 11.7. The lowest BCUT2D eigenvalue weighted by molar-refractivity contribution is -0.105. The third kappa shape index (κ3) is 6.88. The highest BCUT2D eigenvalue weighted by atomic mass is 19.1. The molecule has 6 atom stereocenters. The van der Waals surface area contributed by atoms with Crippen molar-refractivity contribution in [3.8, 4) is 11.4 Å². The minimum absolute atomic E-state index is 0.0390. The van der Waals surface area contributed by atoms with Gasteiger partial charge in [-0.15, -0.1) is 0 Å². The number of aromatic nitrogens is 3. The summed E-state index contributed by atoms with van der Waals surface area (Å²) in [5, 5.41) is 10.7. The third-order valence-electron chi connectivity index (χ3n) is 8.37. The maximum atomic E-state index is 15.0. The molecule has 0 saturated carbocycles. The minimum atomic E-state index is -1.01. The Hall–Kier alpha value is -3.44. The third-order valence-corrected chi connectivity index (χ3v) is 8.37. The Morgan fingerprint density at radius 2 is 1.88 bits per heavy atom. The van der Waals surface area contributed by atoms with E-state index in [0.29, 0.717) is 25.5 Å². The molecule has 2 saturated heterocycles. The zero-order valence-corrected chi connectivity index (χ0v) is 25.4. The van der Waals surface area contributed by atoms with E-state index < -0.39 is 41.3 Å². The number of carbonyl (C=O) groups excluding carboxylic acids is 1. The topological polar surface area (TPSA) is 84.3 Å². The predicted molar refractivity (Wildman–Crippen MR) is 158 cm³/mol. The molecular weight excluding hydrogens is 557 g/mol. The second kappa shape index (κ2) is 12.7. The Morgan fingerprint density at radius 3 is 2.56 bits per heavy atom. The van der Waals surface area contributed by atoms with E-state index in [1.807, 2.05) is 44.2 Å². The molecule has 8 nitrogen and oxygen atoms in total. The quantitative estimate of drug-likeness (QED) is 0.393. The lowest BCUT2D eigenvalue weighted by Gasteiger charge is -2.49. The number of halogens is 3. The Balaban J connectivity index is 1.57. The van der Waals surface area contributed by atoms with Gasteiger partial charge in [-0.1, -0.05) is 51.1 Å². The molecule has 43 heavy (non-hydrogen) atoms. The number of alkyl halides is 1. The lowest BCUT2D eigenvalue weighted by atomic mass is 9.73. The molecule has 2 aromatic carbocycles. The van der Waals surface area contributed by atoms with Crippen LogP contribution in [-0.4, -0.2) is 76.3 Å². The Morgan fingerprint density at radius 1 is 1.14 bits per heavy atom. The van der Waals surface area contributed by atoms with Crippen molar-refractivity contribution in [1.82, 2.24) is 30.3 Å². The molecule has 2 amide bonds. The number of nitrogens with zero attached hydrogens (tertiary/aromatic N) is 4. The van der Waals surface area contributed by atoms with Crippen molar-refractivity contribution in [2.45, 2.75) is 71.5 Å². The molecule has 1 aromatic heterocycles. The van der Waals surface area contributed by atoms with Crippen molar-refractivity contribution in [1.29, 1.82) is 0 Å². The van der Waals surface area contributed by atoms with Crippen LogP contribution in [0, 0.1) is 23.0 Å². The zero-order chi connectivity index (χ0) is 30.9. The van der Waals surface area contributed by atoms with Crippen molar-refractivity contribution in [3.63, 3.8) is 0 Å². The first kappa shape index (κ1) is 31.0. The van der Waals surface area contributed by atoms with Gasteiger partial charge in [0.15, 0.2) is 5.82 Å². The largest absolute Gasteiger partial charge is 0.372 e. The lowest BCUT2D eigenvalue weighted by Crippen LogP contribution is -2.62. The van der Waals surface area contributed by atoms with Crippen LogP contribution in [-0.2, 0) is 11.3 Å². The van der Waals surface area contributed by atoms with E-state index >= 15 is 0 Å². The van der Waals surface area contributed by atoms with E-state index in [1.165, 1.54) is 0 Å². The molecule has 11 heteroatoms. The molecule has 0 bridgehead atoms. The van der Waals surface area contributed by atoms with E-state index in [2.05, 4.69) is 31.4 Å². The van der Waals surface area contributed by atoms with Crippen LogP contribution in [0.2, 0.25) is 0 Å². The number of benzene rings is 2. The van der Waals surface area contributed by atoms with Gasteiger partial charge in [0.05, 0.1) is 30.4 Å². The molecule has 2 aliphatic heterocycles. The highest BCUT2D eigenvalue weighted by Crippen LogP contribution is 2.43. The number of hydrogen-bond acceptors (Lipinski definition) is 5. The Labute approximate surface area is 251 Å². The highest BCUT2D eigenvalue weighted by Gasteiger charge is 2.48. The number of nitrogens with one attached hydrogen (secondary N) is 2. The number of hydrogen-bond donors (Lipinski definition) is 2. The summed E-state index contributed by atoms with van der Waals surface area (Å²) in [5.41, 5.74) is 0.442. The van der Waals surface area contributed by atoms with Crippen LogP contribution in [0.3, 0.4) is 0 Å². The molecule has 2 N–H and O–H groups in total. The van der Waals surface area contributed by atoms with Gasteiger partial charge in [0.1, 0.15) is 23.6 Å². The molecular formula is C32H41F3N6O2. The first-order valence-electron chi connectivity index (χ1n) is 14.9. The standard InChI is InChI=1S/C32H41F3N6O2/c1-19-17-40(31(42)37-15-22-14-36-16-26(22)35)28(20(2)43-19)27(32(3,4)5)30-38-29(24-13-23(33)11-12-25(24)34)39-41(30)18-21-9-7-6-8-10-21/h6-13,19-20,22,26-28,36H,14-18H2,1-5H3,(H,37,42)/t19?,20?,22-,26+,27-,28?/m1/s1. The molecule has 2 aliphatic rings. The second-order valence-corrected chi connectivity index (χ2v) is 12.8. The van der Waals surface area contributed by atoms with E-state index in [-0.39, 0.29) is 42.5 Å². The number of ether oxygens (including phenoxy) is 1. The average molecular weight is 599 g/mol. The first-order chi connectivity index (χ1) is 20.4. The van der Waals surface area contributed by atoms with Crippen molar-refractivity contribution in [2.24, 2.45) is 11.3 Å². The van der Waals surface area contributed by atoms with Gasteiger partial charge in [-0.3, -0.25) is 0 Å². The van der Waals surface area contributed by atoms with Crippen LogP contribution in [0.4, 0.5) is 18.0 Å². The molecule has 0 aliphatic carbocycles. The predicted octanol–water partition coefficient (Wildman–Crippen LogP) is 5.15. The van der Waals surface area contributed by atoms with Gasteiger partial charge in [0, 0.05) is 38.0 Å². The molecule has 0 spiro atoms. The zero-order valence-electron chi connectivity index (χ0n) is 25.4. The maximum absolute atomic E-state index is 15.0. The number of rotatable bonds is 7. The monoisotopic (exact) mass is 598 g/mol. The second-order valence-electron chi connectivity index (χ2n) is 12.8. The normalized spacial score (nSPS) is 25.1. The van der Waals surface area contributed by atoms with Gasteiger partial charge in [-0.2, -0.15) is 5.10 Å². The van der Waals surface area contributed by atoms with E-state index in [9.17, 15) is 18.0 Å². The Kier molecular flexibility index (Phi) is 9.12. The minimum Gasteiger partial charge on any atom is -0.372 e. The summed E-state index contributed by atoms with van der Waals surface area (Å²) < 4.78 is 51.5. The molecule has 3 heterocycles. The summed E-state index contributed by atoms with van der Waals surface area (Å²) in [4.78, 5) is 20.4. The van der Waals surface area contributed by atoms with Crippen molar-refractivity contribution < 1.29 is 22.7 Å². The van der Waals surface area contributed by atoms with E-state index in [4.69, 9.17) is 14.8 Å². The van der Waals surface area contributed by atoms with Crippen LogP contribution in [0.25, 0.3) is 11.4 Å². The number of morpholine rings is 1. The fourth-order valence-electron chi connectivity index (χ4n) is 6.32. The fourth-order valence-corrected chi connectivity index (χ4v) is 6.32. The van der Waals surface area contributed by atoms with Crippen LogP contribution in [0.5, 0.6) is 0 Å². The molecule has 2 fully saturated rings. The average Bonchev–Trinajstić information content (AvgIpc) is 3.55. The van der Waals surface area contributed by atoms with Crippen molar-refractivity contribution >= 4 is 6.03 Å². The fraction of sp³-hybridized carbons (Fsp3) is 0.531. The Bertz CT molecular complexity index is 1410. The maximum Gasteiger partial charge on any atom is 0.317 e. The summed E-state index contributed by atoms with van der Waals surface area (Å²) in [6.07, 6.45) is -1.63. The SMILES string of the molecule is CC1CN(C(=O)NC[C@H]2CNC[C@@H]2F)C([C@H](c2nc(-c3cc(F)ccc3F)nn2Cc2ccccc2)C(C)(C)C)C(C)O1. The summed E-state index contributed by atoms with van der Waals surface area (Å²) in [6, 6.07) is 12.1. The number of carbonyl (C=O) groups is 1. The van der Waals surface area contributed by atoms with Crippen molar-refractivity contribution in [2.75, 3.05) is 26.2 Å². The van der Waals surface area contributed by atoms with Crippen molar-refractivity contribution in [3.05, 3.63) is 71.6 Å². The van der Waals surface area contributed by atoms with E-state index in [0.717, 1.165) is 23.8 Å². The molecule has 5 rings (SSSR count). The molecule has 3 aromatic rings. The van der Waals surface area contributed by atoms with Gasteiger partial charge < -0.3 is 20.3 Å². The van der Waals surface area contributed by atoms with Gasteiger partial charge in [-0.05, 0) is 43.0 Å². The highest BCUT2D eigenvalue weighted by molar-refractivity contribution is 5.75. The van der Waals surface area contributed by atoms with Crippen LogP contribution >= 0.6 is 0 Å².